The highest BCUT2D eigenvalue weighted by Crippen LogP contribution is 2.22. The molecule has 100 valence electrons. The molecule has 2 heterocycles. The highest BCUT2D eigenvalue weighted by molar-refractivity contribution is 7.91. The second-order valence-corrected chi connectivity index (χ2v) is 7.01. The molecule has 1 aliphatic heterocycles. The smallest absolute Gasteiger partial charge is 0.354 e. The van der Waals surface area contributed by atoms with Gasteiger partial charge in [-0.05, 0) is 31.2 Å². The summed E-state index contributed by atoms with van der Waals surface area (Å²) in [6, 6.07) is 1.52. The van der Waals surface area contributed by atoms with Crippen LogP contribution in [0.25, 0.3) is 0 Å². The van der Waals surface area contributed by atoms with Gasteiger partial charge in [0.15, 0.2) is 9.84 Å². The van der Waals surface area contributed by atoms with Crippen molar-refractivity contribution in [2.24, 2.45) is 13.0 Å². The Morgan fingerprint density at radius 2 is 2.33 bits per heavy atom. The number of rotatable bonds is 3. The first kappa shape index (κ1) is 13.1. The highest BCUT2D eigenvalue weighted by Gasteiger charge is 2.26. The molecule has 0 bridgehead atoms. The van der Waals surface area contributed by atoms with E-state index in [0.29, 0.717) is 18.5 Å². The maximum absolute atomic E-state index is 11.5. The van der Waals surface area contributed by atoms with Crippen molar-refractivity contribution in [1.29, 1.82) is 0 Å². The summed E-state index contributed by atoms with van der Waals surface area (Å²) in [4.78, 5) is 10.9. The molecule has 18 heavy (non-hydrogen) atoms. The third kappa shape index (κ3) is 2.90. The molecule has 0 amide bonds. The molecule has 6 nitrogen and oxygen atoms in total. The quantitative estimate of drug-likeness (QED) is 0.864. The largest absolute Gasteiger partial charge is 0.477 e. The van der Waals surface area contributed by atoms with Crippen molar-refractivity contribution < 1.29 is 18.3 Å². The van der Waals surface area contributed by atoms with Gasteiger partial charge in [-0.1, -0.05) is 0 Å². The monoisotopic (exact) mass is 272 g/mol. The van der Waals surface area contributed by atoms with Crippen LogP contribution < -0.4 is 0 Å². The van der Waals surface area contributed by atoms with Crippen LogP contribution in [0, 0.1) is 5.92 Å². The van der Waals surface area contributed by atoms with Crippen LogP contribution >= 0.6 is 0 Å². The lowest BCUT2D eigenvalue weighted by Gasteiger charge is -2.20. The summed E-state index contributed by atoms with van der Waals surface area (Å²) in [5.74, 6) is -0.509. The Morgan fingerprint density at radius 1 is 1.61 bits per heavy atom. The molecule has 7 heteroatoms. The molecule has 0 spiro atoms. The van der Waals surface area contributed by atoms with Gasteiger partial charge in [-0.2, -0.15) is 5.10 Å². The van der Waals surface area contributed by atoms with Gasteiger partial charge in [-0.15, -0.1) is 0 Å². The Balaban J connectivity index is 2.10. The van der Waals surface area contributed by atoms with Crippen LogP contribution in [0.3, 0.4) is 0 Å². The summed E-state index contributed by atoms with van der Waals surface area (Å²) in [5, 5.41) is 13.0. The number of carbonyl (C=O) groups is 1. The van der Waals surface area contributed by atoms with Gasteiger partial charge in [-0.25, -0.2) is 13.2 Å². The second-order valence-electron chi connectivity index (χ2n) is 4.78. The summed E-state index contributed by atoms with van der Waals surface area (Å²) in [7, 11) is -1.35. The molecule has 1 unspecified atom stereocenters. The fourth-order valence-electron chi connectivity index (χ4n) is 2.40. The summed E-state index contributed by atoms with van der Waals surface area (Å²) in [6.45, 7) is 0. The van der Waals surface area contributed by atoms with E-state index in [-0.39, 0.29) is 23.1 Å². The Morgan fingerprint density at radius 3 is 2.89 bits per heavy atom. The minimum atomic E-state index is -2.92. The van der Waals surface area contributed by atoms with Gasteiger partial charge in [0.05, 0.1) is 17.2 Å². The number of carboxylic acids is 1. The predicted octanol–water partition coefficient (Wildman–Crippen LogP) is 0.486. The van der Waals surface area contributed by atoms with E-state index in [9.17, 15) is 13.2 Å². The lowest BCUT2D eigenvalue weighted by molar-refractivity contribution is 0.0685. The molecule has 0 aliphatic carbocycles. The number of nitrogens with zero attached hydrogens (tertiary/aromatic N) is 2. The Hall–Kier alpha value is -1.37. The number of hydrogen-bond donors (Lipinski definition) is 1. The number of aromatic nitrogens is 2. The van der Waals surface area contributed by atoms with Crippen LogP contribution in [0.1, 0.15) is 29.0 Å². The normalized spacial score (nSPS) is 22.8. The second kappa shape index (κ2) is 4.72. The molecule has 0 aromatic carbocycles. The Bertz CT molecular complexity index is 562. The fourth-order valence-corrected chi connectivity index (χ4v) is 4.18. The molecule has 1 aromatic rings. The van der Waals surface area contributed by atoms with Crippen LogP contribution in [0.5, 0.6) is 0 Å². The number of carboxylic acid groups (broad SMARTS) is 1. The van der Waals surface area contributed by atoms with Gasteiger partial charge in [0, 0.05) is 7.05 Å². The maximum atomic E-state index is 11.5. The van der Waals surface area contributed by atoms with Gasteiger partial charge in [0.25, 0.3) is 0 Å². The van der Waals surface area contributed by atoms with Crippen molar-refractivity contribution in [3.8, 4) is 0 Å². The molecule has 2 rings (SSSR count). The van der Waals surface area contributed by atoms with E-state index in [1.807, 2.05) is 0 Å². The number of sulfone groups is 1. The molecular weight excluding hydrogens is 256 g/mol. The van der Waals surface area contributed by atoms with Crippen molar-refractivity contribution in [2.45, 2.75) is 19.3 Å². The zero-order chi connectivity index (χ0) is 13.3. The predicted molar refractivity (Wildman–Crippen MR) is 65.2 cm³/mol. The van der Waals surface area contributed by atoms with E-state index in [1.165, 1.54) is 10.7 Å². The number of hydrogen-bond acceptors (Lipinski definition) is 4. The van der Waals surface area contributed by atoms with Crippen LogP contribution in [-0.4, -0.2) is 40.8 Å². The van der Waals surface area contributed by atoms with E-state index < -0.39 is 15.8 Å². The first-order chi connectivity index (χ1) is 8.37. The van der Waals surface area contributed by atoms with E-state index in [1.54, 1.807) is 7.05 Å². The third-order valence-corrected chi connectivity index (χ3v) is 5.09. The lowest BCUT2D eigenvalue weighted by Crippen LogP contribution is -2.26. The van der Waals surface area contributed by atoms with Crippen molar-refractivity contribution >= 4 is 15.8 Å². The topological polar surface area (TPSA) is 89.3 Å². The fraction of sp³-hybridized carbons (Fsp3) is 0.636. The maximum Gasteiger partial charge on any atom is 0.354 e. The van der Waals surface area contributed by atoms with Crippen LogP contribution in [0.4, 0.5) is 0 Å². The minimum absolute atomic E-state index is 0.0558. The summed E-state index contributed by atoms with van der Waals surface area (Å²) in [5.41, 5.74) is 0.778. The summed E-state index contributed by atoms with van der Waals surface area (Å²) >= 11 is 0. The average Bonchev–Trinajstić information content (AvgIpc) is 2.58. The minimum Gasteiger partial charge on any atom is -0.477 e. The van der Waals surface area contributed by atoms with Crippen LogP contribution in [0.15, 0.2) is 6.07 Å². The molecule has 1 fully saturated rings. The Kier molecular flexibility index (Phi) is 3.43. The Labute approximate surface area is 106 Å². The zero-order valence-electron chi connectivity index (χ0n) is 10.2. The SMILES string of the molecule is Cn1nc(CC2CCCS(=O)(=O)C2)cc1C(=O)O. The van der Waals surface area contributed by atoms with Crippen molar-refractivity contribution in [3.05, 3.63) is 17.5 Å². The van der Waals surface area contributed by atoms with Gasteiger partial charge in [0.1, 0.15) is 5.69 Å². The van der Waals surface area contributed by atoms with Crippen LogP contribution in [0.2, 0.25) is 0 Å². The first-order valence-corrected chi connectivity index (χ1v) is 7.66. The average molecular weight is 272 g/mol. The number of aryl methyl sites for hydroxylation is 1. The molecule has 1 saturated heterocycles. The van der Waals surface area contributed by atoms with Crippen molar-refractivity contribution in [2.75, 3.05) is 11.5 Å². The van der Waals surface area contributed by atoms with E-state index in [4.69, 9.17) is 5.11 Å². The van der Waals surface area contributed by atoms with Gasteiger partial charge >= 0.3 is 5.97 Å². The summed E-state index contributed by atoms with van der Waals surface area (Å²) < 4.78 is 24.3. The molecule has 1 aromatic heterocycles. The molecular formula is C11H16N2O4S. The van der Waals surface area contributed by atoms with Gasteiger partial charge < -0.3 is 5.11 Å². The third-order valence-electron chi connectivity index (χ3n) is 3.20. The molecule has 1 atom stereocenters. The van der Waals surface area contributed by atoms with Gasteiger partial charge in [-0.3, -0.25) is 4.68 Å². The van der Waals surface area contributed by atoms with Crippen molar-refractivity contribution in [1.82, 2.24) is 9.78 Å². The molecule has 1 aliphatic rings. The zero-order valence-corrected chi connectivity index (χ0v) is 11.0. The number of aromatic carboxylic acids is 1. The van der Waals surface area contributed by atoms with Crippen LogP contribution in [-0.2, 0) is 23.3 Å². The standard InChI is InChI=1S/C11H16N2O4S/c1-13-10(11(14)15)6-9(12-13)5-8-3-2-4-18(16,17)7-8/h6,8H,2-5,7H2,1H3,(H,14,15). The molecule has 1 N–H and O–H groups in total. The summed E-state index contributed by atoms with van der Waals surface area (Å²) in [6.07, 6.45) is 2.07. The van der Waals surface area contributed by atoms with Gasteiger partial charge in [0.2, 0.25) is 0 Å². The lowest BCUT2D eigenvalue weighted by atomic mass is 9.99. The van der Waals surface area contributed by atoms with E-state index in [2.05, 4.69) is 5.10 Å². The van der Waals surface area contributed by atoms with Crippen molar-refractivity contribution in [3.63, 3.8) is 0 Å². The molecule has 0 saturated carbocycles. The van der Waals surface area contributed by atoms with E-state index in [0.717, 1.165) is 6.42 Å². The first-order valence-electron chi connectivity index (χ1n) is 5.84. The molecule has 0 radical (unpaired) electrons. The highest BCUT2D eigenvalue weighted by atomic mass is 32.2. The van der Waals surface area contributed by atoms with E-state index >= 15 is 0 Å².